The summed E-state index contributed by atoms with van der Waals surface area (Å²) in [6.07, 6.45) is -13.5. The maximum atomic E-state index is 13.5. The zero-order chi connectivity index (χ0) is 40.1. The summed E-state index contributed by atoms with van der Waals surface area (Å²) in [7, 11) is 0. The van der Waals surface area contributed by atoms with Crippen LogP contribution >= 0.6 is 0 Å². The van der Waals surface area contributed by atoms with Crippen LogP contribution in [0.2, 0.25) is 0 Å². The van der Waals surface area contributed by atoms with Gasteiger partial charge in [-0.05, 0) is 35.1 Å². The van der Waals surface area contributed by atoms with E-state index in [1.165, 1.54) is 0 Å². The molecule has 19 nitrogen and oxygen atoms in total. The van der Waals surface area contributed by atoms with Crippen LogP contribution < -0.4 is 27.2 Å². The van der Waals surface area contributed by atoms with Crippen LogP contribution in [0.1, 0.15) is 42.5 Å². The molecule has 56 heavy (non-hydrogen) atoms. The number of fused-ring (bicyclic) bond motifs is 3. The molecule has 3 aliphatic rings. The van der Waals surface area contributed by atoms with E-state index in [1.807, 2.05) is 53.5 Å². The molecule has 19 heteroatoms. The molecule has 0 radical (unpaired) electrons. The fourth-order valence-corrected chi connectivity index (χ4v) is 7.28. The molecule has 0 saturated carbocycles. The Morgan fingerprint density at radius 1 is 0.804 bits per heavy atom. The lowest BCUT2D eigenvalue weighted by atomic mass is 9.93. The van der Waals surface area contributed by atoms with Crippen molar-refractivity contribution in [2.75, 3.05) is 26.3 Å². The van der Waals surface area contributed by atoms with Crippen LogP contribution in [0.15, 0.2) is 70.4 Å². The molecule has 3 aromatic rings. The van der Waals surface area contributed by atoms with E-state index in [1.54, 1.807) is 0 Å². The zero-order valence-corrected chi connectivity index (χ0v) is 30.0. The summed E-state index contributed by atoms with van der Waals surface area (Å²) in [4.78, 5) is 65.1. The van der Waals surface area contributed by atoms with Crippen LogP contribution in [0.4, 0.5) is 4.79 Å². The van der Waals surface area contributed by atoms with Gasteiger partial charge >= 0.3 is 11.8 Å². The third-order valence-electron chi connectivity index (χ3n) is 10.3. The third kappa shape index (κ3) is 8.85. The molecule has 2 aliphatic heterocycles. The Labute approximate surface area is 318 Å². The Bertz CT molecular complexity index is 1940. The second-order valence-electron chi connectivity index (χ2n) is 13.9. The Morgan fingerprint density at radius 2 is 1.45 bits per heavy atom. The molecule has 3 amide bonds. The summed E-state index contributed by atoms with van der Waals surface area (Å²) < 4.78 is 17.5. The van der Waals surface area contributed by atoms with Gasteiger partial charge in [0.2, 0.25) is 11.8 Å². The number of aliphatic hydroxyl groups excluding tert-OH is 6. The monoisotopic (exact) mass is 783 g/mol. The van der Waals surface area contributed by atoms with Gasteiger partial charge < -0.3 is 60.8 Å². The topological polar surface area (TPSA) is 291 Å². The molecule has 2 aromatic carbocycles. The van der Waals surface area contributed by atoms with Gasteiger partial charge in [-0.15, -0.1) is 0 Å². The van der Waals surface area contributed by atoms with Crippen molar-refractivity contribution >= 4 is 17.9 Å². The molecule has 0 spiro atoms. The van der Waals surface area contributed by atoms with Gasteiger partial charge in [0.25, 0.3) is 5.56 Å². The number of hydrogen-bond donors (Lipinski definition) is 10. The van der Waals surface area contributed by atoms with Crippen LogP contribution in [-0.4, -0.2) is 139 Å². The smallest absolute Gasteiger partial charge is 0.407 e. The van der Waals surface area contributed by atoms with Gasteiger partial charge in [0, 0.05) is 31.3 Å². The van der Waals surface area contributed by atoms with E-state index < -0.39 is 103 Å². The molecule has 2 saturated heterocycles. The fourth-order valence-electron chi connectivity index (χ4n) is 7.28. The normalized spacial score (nSPS) is 27.5. The first-order valence-corrected chi connectivity index (χ1v) is 18.2. The van der Waals surface area contributed by atoms with E-state index >= 15 is 0 Å². The van der Waals surface area contributed by atoms with Crippen molar-refractivity contribution in [1.82, 2.24) is 25.5 Å². The highest BCUT2D eigenvalue weighted by atomic mass is 16.6. The number of carbonyl (C=O) groups is 3. The maximum absolute atomic E-state index is 13.5. The molecule has 1 aromatic heterocycles. The Hall–Kier alpha value is -4.99. The average molecular weight is 784 g/mol. The number of aromatic amines is 1. The number of nitrogens with one attached hydrogen (secondary N) is 4. The average Bonchev–Trinajstić information content (AvgIpc) is 3.66. The van der Waals surface area contributed by atoms with E-state index in [0.29, 0.717) is 0 Å². The van der Waals surface area contributed by atoms with Crippen molar-refractivity contribution in [3.05, 3.63) is 92.8 Å². The number of aromatic nitrogens is 2. The first kappa shape index (κ1) is 40.7. The molecule has 2 fully saturated rings. The predicted octanol–water partition coefficient (Wildman–Crippen LogP) is -2.69. The standard InChI is InChI=1S/C37H45N5O14/c43-16-26-31(48)32(49)29(46)24(55-26)14-28(45)40-23(34(51)39-15-25-30(47)33(50)35(56-25)42-13-11-27(44)41-36(42)52)10-5-12-38-37(53)54-17-22-20-8-3-1-6-18(20)19-7-2-4-9-21(19)22/h1-4,6-9,11,13,22-26,29-33,35,43,46-50H,5,10,12,14-17H2,(H,38,53)(H,39,51)(H,40,45)(H,41,44,52)/t23-,24+,25+,26+,29-,30+,31-,32+,33+,35+/m0/s1. The lowest BCUT2D eigenvalue weighted by Crippen LogP contribution is -2.59. The van der Waals surface area contributed by atoms with E-state index in [-0.39, 0.29) is 38.5 Å². The Morgan fingerprint density at radius 3 is 2.11 bits per heavy atom. The minimum absolute atomic E-state index is 0.0370. The molecule has 0 bridgehead atoms. The predicted molar refractivity (Wildman–Crippen MR) is 193 cm³/mol. The van der Waals surface area contributed by atoms with Crippen LogP contribution in [0, 0.1) is 0 Å². The minimum Gasteiger partial charge on any atom is -0.449 e. The summed E-state index contributed by atoms with van der Waals surface area (Å²) in [5.41, 5.74) is 2.65. The second kappa shape index (κ2) is 17.9. The largest absolute Gasteiger partial charge is 0.449 e. The van der Waals surface area contributed by atoms with E-state index in [0.717, 1.165) is 39.1 Å². The third-order valence-corrected chi connectivity index (χ3v) is 10.3. The van der Waals surface area contributed by atoms with E-state index in [2.05, 4.69) is 16.0 Å². The van der Waals surface area contributed by atoms with Crippen molar-refractivity contribution in [3.63, 3.8) is 0 Å². The van der Waals surface area contributed by atoms with Crippen molar-refractivity contribution in [1.29, 1.82) is 0 Å². The molecule has 0 unspecified atom stereocenters. The highest BCUT2D eigenvalue weighted by Gasteiger charge is 2.45. The number of rotatable bonds is 14. The van der Waals surface area contributed by atoms with Crippen LogP contribution in [0.3, 0.4) is 0 Å². The molecule has 302 valence electrons. The number of alkyl carbamates (subject to hydrolysis) is 1. The molecule has 3 heterocycles. The number of hydrogen-bond acceptors (Lipinski definition) is 14. The SMILES string of the molecule is O=C(C[C@H]1O[C@H](CO)[C@H](O)[C@H](O)[C@H]1O)N[C@@H](CCCNC(=O)OCC1c2ccccc2-c2ccccc21)C(=O)NC[C@H]1O[C@@H](n2ccc(=O)[nH]c2=O)[C@H](O)[C@@H]1O. The molecular formula is C37H45N5O14. The number of H-pyrrole nitrogens is 1. The molecular weight excluding hydrogens is 738 g/mol. The first-order valence-electron chi connectivity index (χ1n) is 18.2. The van der Waals surface area contributed by atoms with Gasteiger partial charge in [0.15, 0.2) is 6.23 Å². The van der Waals surface area contributed by atoms with E-state index in [4.69, 9.17) is 14.2 Å². The van der Waals surface area contributed by atoms with Gasteiger partial charge in [-0.25, -0.2) is 9.59 Å². The summed E-state index contributed by atoms with van der Waals surface area (Å²) in [5, 5.41) is 69.1. The lowest BCUT2D eigenvalue weighted by molar-refractivity contribution is -0.229. The van der Waals surface area contributed by atoms with Gasteiger partial charge in [0.1, 0.15) is 55.4 Å². The van der Waals surface area contributed by atoms with E-state index in [9.17, 15) is 54.6 Å². The Balaban J connectivity index is 1.05. The number of amides is 3. The summed E-state index contributed by atoms with van der Waals surface area (Å²) in [5.74, 6) is -1.72. The summed E-state index contributed by atoms with van der Waals surface area (Å²) >= 11 is 0. The van der Waals surface area contributed by atoms with Crippen LogP contribution in [0.5, 0.6) is 0 Å². The highest BCUT2D eigenvalue weighted by Crippen LogP contribution is 2.44. The van der Waals surface area contributed by atoms with Gasteiger partial charge in [0.05, 0.1) is 19.1 Å². The van der Waals surface area contributed by atoms with Crippen LogP contribution in [0.25, 0.3) is 11.1 Å². The molecule has 1 aliphatic carbocycles. The second-order valence-corrected chi connectivity index (χ2v) is 13.9. The van der Waals surface area contributed by atoms with Gasteiger partial charge in [-0.2, -0.15) is 0 Å². The number of nitrogens with zero attached hydrogens (tertiary/aromatic N) is 1. The summed E-state index contributed by atoms with van der Waals surface area (Å²) in [6.45, 7) is -0.968. The number of carbonyl (C=O) groups excluding carboxylic acids is 3. The molecule has 10 atom stereocenters. The number of aliphatic hydroxyl groups is 6. The van der Waals surface area contributed by atoms with Crippen molar-refractivity contribution in [3.8, 4) is 11.1 Å². The highest BCUT2D eigenvalue weighted by molar-refractivity contribution is 5.87. The van der Waals surface area contributed by atoms with Crippen molar-refractivity contribution < 1.29 is 59.2 Å². The molecule has 6 rings (SSSR count). The van der Waals surface area contributed by atoms with Gasteiger partial charge in [-0.3, -0.25) is 23.9 Å². The first-order chi connectivity index (χ1) is 26.9. The molecule has 10 N–H and O–H groups in total. The minimum atomic E-state index is -1.72. The number of benzene rings is 2. The van der Waals surface area contributed by atoms with Gasteiger partial charge in [-0.1, -0.05) is 48.5 Å². The quantitative estimate of drug-likeness (QED) is 0.0746. The zero-order valence-electron chi connectivity index (χ0n) is 30.0. The van der Waals surface area contributed by atoms with Crippen molar-refractivity contribution in [2.45, 2.75) is 86.3 Å². The number of ether oxygens (including phenoxy) is 3. The fraction of sp³-hybridized carbons (Fsp3) is 0.486. The summed E-state index contributed by atoms with van der Waals surface area (Å²) in [6, 6.07) is 15.5. The van der Waals surface area contributed by atoms with Crippen molar-refractivity contribution in [2.24, 2.45) is 0 Å². The Kier molecular flexibility index (Phi) is 13.0. The van der Waals surface area contributed by atoms with Crippen LogP contribution in [-0.2, 0) is 23.8 Å². The maximum Gasteiger partial charge on any atom is 0.407 e. The lowest BCUT2D eigenvalue weighted by Gasteiger charge is -2.39.